The molecule has 2 fully saturated rings. The Bertz CT molecular complexity index is 911. The first-order valence-corrected chi connectivity index (χ1v) is 11.0. The quantitative estimate of drug-likeness (QED) is 0.688. The number of carbonyl (C=O) groups is 2. The van der Waals surface area contributed by atoms with Crippen molar-refractivity contribution in [2.45, 2.75) is 6.92 Å². The number of hydrogen-bond acceptors (Lipinski definition) is 4. The summed E-state index contributed by atoms with van der Waals surface area (Å²) in [6.45, 7) is 6.59. The fourth-order valence-corrected chi connectivity index (χ4v) is 4.11. The van der Waals surface area contributed by atoms with Gasteiger partial charge in [-0.25, -0.2) is 4.79 Å². The zero-order chi connectivity index (χ0) is 21.8. The molecule has 0 spiro atoms. The Labute approximate surface area is 187 Å². The van der Waals surface area contributed by atoms with Crippen molar-refractivity contribution in [1.29, 1.82) is 0 Å². The van der Waals surface area contributed by atoms with Crippen molar-refractivity contribution in [1.82, 2.24) is 9.80 Å². The summed E-state index contributed by atoms with van der Waals surface area (Å²) in [5, 5.41) is 0.715. The molecule has 164 valence electrons. The Morgan fingerprint density at radius 2 is 1.55 bits per heavy atom. The highest BCUT2D eigenvalue weighted by Crippen LogP contribution is 2.24. The summed E-state index contributed by atoms with van der Waals surface area (Å²) < 4.78 is 5.46. The number of nitrogens with zero attached hydrogens (tertiary/aromatic N) is 4. The summed E-state index contributed by atoms with van der Waals surface area (Å²) in [7, 11) is 0. The van der Waals surface area contributed by atoms with Gasteiger partial charge in [-0.15, -0.1) is 0 Å². The van der Waals surface area contributed by atoms with Crippen LogP contribution in [0.4, 0.5) is 16.2 Å². The summed E-state index contributed by atoms with van der Waals surface area (Å²) >= 11 is 5.96. The highest BCUT2D eigenvalue weighted by molar-refractivity contribution is 6.30. The fraction of sp³-hybridized carbons (Fsp3) is 0.391. The van der Waals surface area contributed by atoms with Crippen molar-refractivity contribution in [2.24, 2.45) is 0 Å². The van der Waals surface area contributed by atoms with Crippen molar-refractivity contribution >= 4 is 34.9 Å². The summed E-state index contributed by atoms with van der Waals surface area (Å²) in [6, 6.07) is 15.1. The molecule has 2 aromatic rings. The monoisotopic (exact) mass is 442 g/mol. The number of amides is 3. The highest BCUT2D eigenvalue weighted by Gasteiger charge is 2.32. The topological polar surface area (TPSA) is 56.3 Å². The minimum atomic E-state index is -0.127. The maximum atomic E-state index is 12.8. The standard InChI is InChI=1S/C23H27ClN4O3/c1-2-31-21-9-7-20(8-10-21)28-16-15-27(23(28)30)17-22(29)26-13-11-25(12-14-26)19-5-3-18(24)4-6-19/h3-10H,2,11-17H2,1H3. The van der Waals surface area contributed by atoms with Gasteiger partial charge < -0.3 is 19.4 Å². The molecule has 0 aliphatic carbocycles. The maximum Gasteiger partial charge on any atom is 0.325 e. The van der Waals surface area contributed by atoms with Crippen LogP contribution in [-0.4, -0.2) is 74.2 Å². The van der Waals surface area contributed by atoms with E-state index in [0.29, 0.717) is 37.8 Å². The first-order valence-electron chi connectivity index (χ1n) is 10.6. The Kier molecular flexibility index (Phi) is 6.51. The zero-order valence-corrected chi connectivity index (χ0v) is 18.4. The molecule has 0 aromatic heterocycles. The lowest BCUT2D eigenvalue weighted by atomic mass is 10.2. The summed E-state index contributed by atoms with van der Waals surface area (Å²) in [4.78, 5) is 33.1. The molecule has 2 aliphatic heterocycles. The SMILES string of the molecule is CCOc1ccc(N2CCN(CC(=O)N3CCN(c4ccc(Cl)cc4)CC3)C2=O)cc1. The fourth-order valence-electron chi connectivity index (χ4n) is 3.99. The summed E-state index contributed by atoms with van der Waals surface area (Å²) in [5.74, 6) is 0.778. The van der Waals surface area contributed by atoms with Crippen molar-refractivity contribution in [2.75, 3.05) is 62.2 Å². The number of piperazine rings is 1. The molecule has 2 saturated heterocycles. The van der Waals surface area contributed by atoms with Crippen LogP contribution < -0.4 is 14.5 Å². The lowest BCUT2D eigenvalue weighted by Crippen LogP contribution is -2.51. The number of hydrogen-bond donors (Lipinski definition) is 0. The smallest absolute Gasteiger partial charge is 0.325 e. The van der Waals surface area contributed by atoms with Crippen LogP contribution in [0.5, 0.6) is 5.75 Å². The van der Waals surface area contributed by atoms with Gasteiger partial charge in [0.15, 0.2) is 0 Å². The number of urea groups is 1. The molecule has 8 heteroatoms. The number of benzene rings is 2. The Morgan fingerprint density at radius 1 is 0.903 bits per heavy atom. The Balaban J connectivity index is 1.29. The van der Waals surface area contributed by atoms with Crippen molar-refractivity contribution < 1.29 is 14.3 Å². The second-order valence-electron chi connectivity index (χ2n) is 7.63. The molecule has 2 aliphatic rings. The summed E-state index contributed by atoms with van der Waals surface area (Å²) in [5.41, 5.74) is 1.93. The van der Waals surface area contributed by atoms with Crippen LogP contribution in [0.25, 0.3) is 0 Å². The zero-order valence-electron chi connectivity index (χ0n) is 17.7. The molecule has 0 N–H and O–H groups in total. The molecule has 0 unspecified atom stereocenters. The third-order valence-corrected chi connectivity index (χ3v) is 5.96. The first kappa shape index (κ1) is 21.3. The van der Waals surface area contributed by atoms with E-state index in [4.69, 9.17) is 16.3 Å². The highest BCUT2D eigenvalue weighted by atomic mass is 35.5. The van der Waals surface area contributed by atoms with E-state index in [-0.39, 0.29) is 18.5 Å². The van der Waals surface area contributed by atoms with Crippen LogP contribution in [0.3, 0.4) is 0 Å². The van der Waals surface area contributed by atoms with E-state index in [1.54, 1.807) is 9.80 Å². The molecule has 0 radical (unpaired) electrons. The van der Waals surface area contributed by atoms with Gasteiger partial charge in [0.2, 0.25) is 5.91 Å². The number of carbonyl (C=O) groups excluding carboxylic acids is 2. The molecular weight excluding hydrogens is 416 g/mol. The van der Waals surface area contributed by atoms with Crippen LogP contribution in [0.1, 0.15) is 6.92 Å². The van der Waals surface area contributed by atoms with E-state index in [1.807, 2.05) is 60.4 Å². The van der Waals surface area contributed by atoms with E-state index in [2.05, 4.69) is 4.90 Å². The predicted octanol–water partition coefficient (Wildman–Crippen LogP) is 3.33. The molecule has 0 bridgehead atoms. The van der Waals surface area contributed by atoms with Gasteiger partial charge in [0, 0.05) is 55.7 Å². The van der Waals surface area contributed by atoms with Gasteiger partial charge in [-0.3, -0.25) is 9.69 Å². The number of ether oxygens (including phenoxy) is 1. The molecular formula is C23H27ClN4O3. The van der Waals surface area contributed by atoms with Crippen LogP contribution in [-0.2, 0) is 4.79 Å². The van der Waals surface area contributed by atoms with E-state index in [9.17, 15) is 9.59 Å². The van der Waals surface area contributed by atoms with Crippen LogP contribution >= 0.6 is 11.6 Å². The van der Waals surface area contributed by atoms with Crippen molar-refractivity contribution in [3.8, 4) is 5.75 Å². The van der Waals surface area contributed by atoms with E-state index < -0.39 is 0 Å². The number of anilines is 2. The number of rotatable bonds is 6. The minimum Gasteiger partial charge on any atom is -0.494 e. The normalized spacial score (nSPS) is 16.8. The van der Waals surface area contributed by atoms with Gasteiger partial charge in [0.05, 0.1) is 6.61 Å². The molecule has 0 atom stereocenters. The Hall–Kier alpha value is -2.93. The average Bonchev–Trinajstić information content (AvgIpc) is 3.15. The number of halogens is 1. The van der Waals surface area contributed by atoms with Crippen LogP contribution in [0.2, 0.25) is 5.02 Å². The summed E-state index contributed by atoms with van der Waals surface area (Å²) in [6.07, 6.45) is 0. The molecule has 2 aromatic carbocycles. The first-order chi connectivity index (χ1) is 15.0. The van der Waals surface area contributed by atoms with Crippen LogP contribution in [0, 0.1) is 0 Å². The second-order valence-corrected chi connectivity index (χ2v) is 8.06. The molecule has 31 heavy (non-hydrogen) atoms. The van der Waals surface area contributed by atoms with E-state index >= 15 is 0 Å². The lowest BCUT2D eigenvalue weighted by molar-refractivity contribution is -0.131. The van der Waals surface area contributed by atoms with Gasteiger partial charge >= 0.3 is 6.03 Å². The Morgan fingerprint density at radius 3 is 2.19 bits per heavy atom. The van der Waals surface area contributed by atoms with Gasteiger partial charge in [-0.05, 0) is 55.5 Å². The minimum absolute atomic E-state index is 0.00218. The van der Waals surface area contributed by atoms with Crippen LogP contribution in [0.15, 0.2) is 48.5 Å². The van der Waals surface area contributed by atoms with Crippen molar-refractivity contribution in [3.63, 3.8) is 0 Å². The second kappa shape index (κ2) is 9.47. The van der Waals surface area contributed by atoms with Gasteiger partial charge in [-0.1, -0.05) is 11.6 Å². The average molecular weight is 443 g/mol. The van der Waals surface area contributed by atoms with E-state index in [0.717, 1.165) is 30.2 Å². The van der Waals surface area contributed by atoms with E-state index in [1.165, 1.54) is 0 Å². The van der Waals surface area contributed by atoms with Gasteiger partial charge in [-0.2, -0.15) is 0 Å². The molecule has 0 saturated carbocycles. The molecule has 4 rings (SSSR count). The van der Waals surface area contributed by atoms with Gasteiger partial charge in [0.1, 0.15) is 12.3 Å². The van der Waals surface area contributed by atoms with Gasteiger partial charge in [0.25, 0.3) is 0 Å². The predicted molar refractivity (Wildman–Crippen MR) is 122 cm³/mol. The third-order valence-electron chi connectivity index (χ3n) is 5.70. The molecule has 7 nitrogen and oxygen atoms in total. The molecule has 2 heterocycles. The lowest BCUT2D eigenvalue weighted by Gasteiger charge is -2.36. The molecule has 3 amide bonds. The third kappa shape index (κ3) is 4.88. The largest absolute Gasteiger partial charge is 0.494 e. The van der Waals surface area contributed by atoms with Crippen molar-refractivity contribution in [3.05, 3.63) is 53.6 Å². The maximum absolute atomic E-state index is 12.8.